The summed E-state index contributed by atoms with van der Waals surface area (Å²) in [5.74, 6) is -0.320. The number of hydrogen-bond acceptors (Lipinski definition) is 2. The third-order valence-corrected chi connectivity index (χ3v) is 4.45. The Labute approximate surface area is 135 Å². The lowest BCUT2D eigenvalue weighted by Gasteiger charge is -2.32. The Hall–Kier alpha value is -2.20. The molecule has 23 heavy (non-hydrogen) atoms. The van der Waals surface area contributed by atoms with Crippen molar-refractivity contribution < 1.29 is 14.3 Å². The summed E-state index contributed by atoms with van der Waals surface area (Å²) in [6.07, 6.45) is 0.531. The average Bonchev–Trinajstić information content (AvgIpc) is 2.55. The van der Waals surface area contributed by atoms with E-state index in [0.29, 0.717) is 25.1 Å². The maximum atomic E-state index is 13.7. The zero-order valence-electron chi connectivity index (χ0n) is 13.1. The zero-order chi connectivity index (χ0) is 16.4. The summed E-state index contributed by atoms with van der Waals surface area (Å²) in [4.78, 5) is 14.2. The topological polar surface area (TPSA) is 40.5 Å². The molecule has 3 nitrogen and oxygen atoms in total. The highest BCUT2D eigenvalue weighted by Crippen LogP contribution is 2.27. The van der Waals surface area contributed by atoms with Crippen LogP contribution < -0.4 is 0 Å². The Kier molecular flexibility index (Phi) is 4.18. The van der Waals surface area contributed by atoms with Crippen LogP contribution in [0.15, 0.2) is 48.5 Å². The number of carbonyl (C=O) groups is 1. The summed E-state index contributed by atoms with van der Waals surface area (Å²) < 4.78 is 13.7. The number of aliphatic hydroxyl groups is 1. The van der Waals surface area contributed by atoms with E-state index in [0.717, 1.165) is 11.1 Å². The average molecular weight is 313 g/mol. The van der Waals surface area contributed by atoms with Gasteiger partial charge in [-0.1, -0.05) is 42.5 Å². The predicted octanol–water partition coefficient (Wildman–Crippen LogP) is 3.01. The minimum absolute atomic E-state index is 0.0155. The van der Waals surface area contributed by atoms with Gasteiger partial charge in [0.05, 0.1) is 12.0 Å². The van der Waals surface area contributed by atoms with Crippen molar-refractivity contribution in [3.8, 4) is 0 Å². The van der Waals surface area contributed by atoms with Crippen LogP contribution in [0, 0.1) is 5.82 Å². The minimum Gasteiger partial charge on any atom is -0.385 e. The van der Waals surface area contributed by atoms with Gasteiger partial charge in [-0.3, -0.25) is 4.79 Å². The third kappa shape index (κ3) is 3.27. The number of amides is 1. The highest BCUT2D eigenvalue weighted by Gasteiger charge is 2.30. The van der Waals surface area contributed by atoms with Gasteiger partial charge in [-0.15, -0.1) is 0 Å². The van der Waals surface area contributed by atoms with Gasteiger partial charge in [-0.25, -0.2) is 4.39 Å². The molecular formula is C19H20FNO2. The predicted molar refractivity (Wildman–Crippen MR) is 86.2 cm³/mol. The third-order valence-electron chi connectivity index (χ3n) is 4.45. The lowest BCUT2D eigenvalue weighted by molar-refractivity contribution is -0.137. The van der Waals surface area contributed by atoms with Crippen LogP contribution >= 0.6 is 0 Å². The molecule has 1 atom stereocenters. The number of carbonyl (C=O) groups excluding carboxylic acids is 1. The second kappa shape index (κ2) is 6.13. The van der Waals surface area contributed by atoms with E-state index in [1.165, 1.54) is 6.07 Å². The summed E-state index contributed by atoms with van der Waals surface area (Å²) in [7, 11) is 0. The lowest BCUT2D eigenvalue weighted by Crippen LogP contribution is -2.40. The molecule has 0 radical (unpaired) electrons. The zero-order valence-corrected chi connectivity index (χ0v) is 13.1. The Balaban J connectivity index is 1.72. The number of hydrogen-bond donors (Lipinski definition) is 1. The maximum absolute atomic E-state index is 13.7. The summed E-state index contributed by atoms with van der Waals surface area (Å²) in [6, 6.07) is 14.2. The fraction of sp³-hybridized carbons (Fsp3) is 0.316. The van der Waals surface area contributed by atoms with Crippen LogP contribution in [-0.4, -0.2) is 22.5 Å². The van der Waals surface area contributed by atoms with Crippen molar-refractivity contribution in [1.29, 1.82) is 0 Å². The van der Waals surface area contributed by atoms with Gasteiger partial charge >= 0.3 is 0 Å². The molecule has 0 aromatic heterocycles. The highest BCUT2D eigenvalue weighted by atomic mass is 19.1. The van der Waals surface area contributed by atoms with E-state index >= 15 is 0 Å². The number of nitrogens with zero attached hydrogens (tertiary/aromatic N) is 1. The molecule has 2 aromatic rings. The van der Waals surface area contributed by atoms with Gasteiger partial charge in [0.1, 0.15) is 5.82 Å². The van der Waals surface area contributed by atoms with Gasteiger partial charge in [0, 0.05) is 13.1 Å². The van der Waals surface area contributed by atoms with Crippen LogP contribution in [0.2, 0.25) is 0 Å². The van der Waals surface area contributed by atoms with Crippen LogP contribution in [0.3, 0.4) is 0 Å². The van der Waals surface area contributed by atoms with Gasteiger partial charge in [0.15, 0.2) is 0 Å². The Morgan fingerprint density at radius 3 is 2.70 bits per heavy atom. The van der Waals surface area contributed by atoms with E-state index in [2.05, 4.69) is 0 Å². The first-order valence-corrected chi connectivity index (χ1v) is 7.79. The lowest BCUT2D eigenvalue weighted by atomic mass is 9.91. The van der Waals surface area contributed by atoms with Crippen LogP contribution in [0.5, 0.6) is 0 Å². The first-order chi connectivity index (χ1) is 11.0. The SMILES string of the molecule is CC(O)(CC(=O)N1CCc2c(F)cccc2C1)c1ccccc1. The molecule has 3 rings (SSSR count). The van der Waals surface area contributed by atoms with E-state index < -0.39 is 5.60 Å². The first kappa shape index (κ1) is 15.7. The smallest absolute Gasteiger partial charge is 0.226 e. The molecule has 0 bridgehead atoms. The van der Waals surface area contributed by atoms with Crippen LogP contribution in [0.4, 0.5) is 4.39 Å². The van der Waals surface area contributed by atoms with Gasteiger partial charge in [-0.2, -0.15) is 0 Å². The Morgan fingerprint density at radius 2 is 1.96 bits per heavy atom. The largest absolute Gasteiger partial charge is 0.385 e. The fourth-order valence-corrected chi connectivity index (χ4v) is 3.08. The molecule has 1 aliphatic rings. The molecule has 0 saturated heterocycles. The molecule has 1 heterocycles. The molecule has 2 aromatic carbocycles. The molecule has 0 saturated carbocycles. The van der Waals surface area contributed by atoms with Gasteiger partial charge < -0.3 is 10.0 Å². The molecule has 1 amide bonds. The number of halogens is 1. The Bertz CT molecular complexity index is 713. The van der Waals surface area contributed by atoms with Crippen molar-refractivity contribution in [2.75, 3.05) is 6.54 Å². The van der Waals surface area contributed by atoms with Crippen LogP contribution in [-0.2, 0) is 23.4 Å². The molecule has 1 unspecified atom stereocenters. The summed E-state index contributed by atoms with van der Waals surface area (Å²) >= 11 is 0. The minimum atomic E-state index is -1.21. The van der Waals surface area contributed by atoms with Crippen molar-refractivity contribution in [2.24, 2.45) is 0 Å². The standard InChI is InChI=1S/C19H20FNO2/c1-19(23,15-7-3-2-4-8-15)12-18(22)21-11-10-16-14(13-21)6-5-9-17(16)20/h2-9,23H,10-13H2,1H3. The highest BCUT2D eigenvalue weighted by molar-refractivity contribution is 5.77. The summed E-state index contributed by atoms with van der Waals surface area (Å²) in [5, 5.41) is 10.6. The molecule has 120 valence electrons. The normalized spacial score (nSPS) is 16.6. The first-order valence-electron chi connectivity index (χ1n) is 7.79. The van der Waals surface area contributed by atoms with E-state index in [-0.39, 0.29) is 18.1 Å². The van der Waals surface area contributed by atoms with Crippen molar-refractivity contribution in [2.45, 2.75) is 31.9 Å². The molecular weight excluding hydrogens is 293 g/mol. The molecule has 1 aliphatic heterocycles. The summed E-state index contributed by atoms with van der Waals surface area (Å²) in [5.41, 5.74) is 1.06. The summed E-state index contributed by atoms with van der Waals surface area (Å²) in [6.45, 7) is 2.53. The second-order valence-corrected chi connectivity index (χ2v) is 6.26. The number of benzene rings is 2. The molecule has 1 N–H and O–H groups in total. The van der Waals surface area contributed by atoms with Gasteiger partial charge in [0.25, 0.3) is 0 Å². The molecule has 0 spiro atoms. The van der Waals surface area contributed by atoms with Gasteiger partial charge in [-0.05, 0) is 36.1 Å². The fourth-order valence-electron chi connectivity index (χ4n) is 3.08. The number of rotatable bonds is 3. The van der Waals surface area contributed by atoms with Crippen LogP contribution in [0.25, 0.3) is 0 Å². The van der Waals surface area contributed by atoms with Gasteiger partial charge in [0.2, 0.25) is 5.91 Å². The van der Waals surface area contributed by atoms with Crippen molar-refractivity contribution in [3.63, 3.8) is 0 Å². The molecule has 0 aliphatic carbocycles. The second-order valence-electron chi connectivity index (χ2n) is 6.26. The van der Waals surface area contributed by atoms with Crippen molar-refractivity contribution in [3.05, 3.63) is 71.0 Å². The van der Waals surface area contributed by atoms with Crippen molar-refractivity contribution >= 4 is 5.91 Å². The van der Waals surface area contributed by atoms with E-state index in [9.17, 15) is 14.3 Å². The van der Waals surface area contributed by atoms with Crippen LogP contribution in [0.1, 0.15) is 30.0 Å². The van der Waals surface area contributed by atoms with E-state index in [4.69, 9.17) is 0 Å². The molecule has 0 fully saturated rings. The monoisotopic (exact) mass is 313 g/mol. The van der Waals surface area contributed by atoms with Crippen molar-refractivity contribution in [1.82, 2.24) is 4.90 Å². The molecule has 4 heteroatoms. The van der Waals surface area contributed by atoms with E-state index in [1.54, 1.807) is 17.9 Å². The maximum Gasteiger partial charge on any atom is 0.226 e. The Morgan fingerprint density at radius 1 is 1.22 bits per heavy atom. The number of fused-ring (bicyclic) bond motifs is 1. The van der Waals surface area contributed by atoms with E-state index in [1.807, 2.05) is 36.4 Å². The quantitative estimate of drug-likeness (QED) is 0.946.